The number of nitrogens with zero attached hydrogens (tertiary/aromatic N) is 5. The molecule has 3 aromatic heterocycles. The van der Waals surface area contributed by atoms with Gasteiger partial charge in [0.1, 0.15) is 12.7 Å². The highest BCUT2D eigenvalue weighted by atomic mass is 79.9. The molecule has 0 atom stereocenters. The lowest BCUT2D eigenvalue weighted by Gasteiger charge is -2.09. The van der Waals surface area contributed by atoms with Crippen molar-refractivity contribution in [3.63, 3.8) is 0 Å². The Morgan fingerprint density at radius 2 is 1.86 bits per heavy atom. The van der Waals surface area contributed by atoms with Crippen LogP contribution >= 0.6 is 15.9 Å². The molecule has 0 spiro atoms. The Hall–Kier alpha value is -2.21. The van der Waals surface area contributed by atoms with Crippen LogP contribution in [-0.4, -0.2) is 24.1 Å². The fourth-order valence-electron chi connectivity index (χ4n) is 2.73. The van der Waals surface area contributed by atoms with Crippen LogP contribution in [0.4, 0.5) is 0 Å². The normalized spacial score (nSPS) is 11.6. The fourth-order valence-corrected chi connectivity index (χ4v) is 3.19. The third-order valence-electron chi connectivity index (χ3n) is 3.87. The van der Waals surface area contributed by atoms with Crippen LogP contribution in [0.3, 0.4) is 0 Å². The van der Waals surface area contributed by atoms with E-state index >= 15 is 0 Å². The van der Waals surface area contributed by atoms with E-state index in [0.717, 1.165) is 32.5 Å². The summed E-state index contributed by atoms with van der Waals surface area (Å²) in [5.74, 6) is 0. The summed E-state index contributed by atoms with van der Waals surface area (Å²) in [5.41, 5.74) is 5.14. The Labute approximate surface area is 129 Å². The third-order valence-corrected chi connectivity index (χ3v) is 4.54. The summed E-state index contributed by atoms with van der Waals surface area (Å²) >= 11 is 3.62. The molecular formula is C15H12BrN5. The van der Waals surface area contributed by atoms with Crippen molar-refractivity contribution >= 4 is 32.6 Å². The maximum absolute atomic E-state index is 4.58. The van der Waals surface area contributed by atoms with Gasteiger partial charge in [0.05, 0.1) is 11.1 Å². The zero-order chi connectivity index (χ0) is 14.6. The van der Waals surface area contributed by atoms with Crippen molar-refractivity contribution < 1.29 is 0 Å². The molecule has 3 heterocycles. The van der Waals surface area contributed by atoms with Crippen LogP contribution in [0.1, 0.15) is 11.3 Å². The zero-order valence-corrected chi connectivity index (χ0v) is 13.2. The summed E-state index contributed by atoms with van der Waals surface area (Å²) < 4.78 is 4.90. The van der Waals surface area contributed by atoms with Gasteiger partial charge in [-0.3, -0.25) is 4.57 Å². The van der Waals surface area contributed by atoms with E-state index in [1.807, 2.05) is 18.2 Å². The van der Waals surface area contributed by atoms with Gasteiger partial charge in [-0.2, -0.15) is 5.10 Å². The Morgan fingerprint density at radius 1 is 1.05 bits per heavy atom. The van der Waals surface area contributed by atoms with E-state index in [9.17, 15) is 0 Å². The van der Waals surface area contributed by atoms with Gasteiger partial charge in [-0.1, -0.05) is 12.1 Å². The molecule has 0 bridgehead atoms. The molecule has 4 aromatic rings. The first-order valence-electron chi connectivity index (χ1n) is 6.59. The van der Waals surface area contributed by atoms with Crippen LogP contribution in [0.2, 0.25) is 0 Å². The zero-order valence-electron chi connectivity index (χ0n) is 11.6. The summed E-state index contributed by atoms with van der Waals surface area (Å²) in [5, 5.41) is 5.21. The number of rotatable bonds is 1. The molecule has 0 aliphatic heterocycles. The molecule has 104 valence electrons. The van der Waals surface area contributed by atoms with E-state index in [4.69, 9.17) is 0 Å². The van der Waals surface area contributed by atoms with Crippen LogP contribution in [0.25, 0.3) is 22.4 Å². The monoisotopic (exact) mass is 341 g/mol. The number of hydrogen-bond donors (Lipinski definition) is 0. The molecule has 0 saturated heterocycles. The number of aromatic nitrogens is 5. The second-order valence-electron chi connectivity index (χ2n) is 4.97. The Balaban J connectivity index is 2.20. The molecule has 21 heavy (non-hydrogen) atoms. The van der Waals surface area contributed by atoms with Crippen molar-refractivity contribution in [3.8, 4) is 5.69 Å². The first-order chi connectivity index (χ1) is 10.2. The maximum Gasteiger partial charge on any atom is 0.168 e. The van der Waals surface area contributed by atoms with Gasteiger partial charge in [0.25, 0.3) is 0 Å². The lowest BCUT2D eigenvalue weighted by Crippen LogP contribution is -2.00. The Bertz CT molecular complexity index is 982. The van der Waals surface area contributed by atoms with Gasteiger partial charge in [0.15, 0.2) is 11.3 Å². The average molecular weight is 342 g/mol. The predicted octanol–water partition coefficient (Wildman–Crippen LogP) is 3.45. The summed E-state index contributed by atoms with van der Waals surface area (Å²) in [4.78, 5) is 8.95. The molecule has 5 nitrogen and oxygen atoms in total. The van der Waals surface area contributed by atoms with Crippen molar-refractivity contribution in [2.45, 2.75) is 13.8 Å². The van der Waals surface area contributed by atoms with E-state index in [1.54, 1.807) is 17.2 Å². The van der Waals surface area contributed by atoms with Gasteiger partial charge in [0, 0.05) is 10.2 Å². The first-order valence-corrected chi connectivity index (χ1v) is 7.38. The Morgan fingerprint density at radius 3 is 2.67 bits per heavy atom. The van der Waals surface area contributed by atoms with Crippen molar-refractivity contribution in [3.05, 3.63) is 52.7 Å². The molecule has 4 rings (SSSR count). The molecule has 0 aliphatic carbocycles. The van der Waals surface area contributed by atoms with Crippen LogP contribution < -0.4 is 0 Å². The minimum atomic E-state index is 0.839. The van der Waals surface area contributed by atoms with Crippen molar-refractivity contribution in [1.82, 2.24) is 24.1 Å². The van der Waals surface area contributed by atoms with E-state index < -0.39 is 0 Å². The van der Waals surface area contributed by atoms with Crippen molar-refractivity contribution in [2.75, 3.05) is 0 Å². The van der Waals surface area contributed by atoms with Crippen LogP contribution in [-0.2, 0) is 0 Å². The molecule has 0 radical (unpaired) electrons. The first kappa shape index (κ1) is 12.5. The highest BCUT2D eigenvalue weighted by Crippen LogP contribution is 2.32. The summed E-state index contributed by atoms with van der Waals surface area (Å²) in [6, 6.07) is 8.14. The smallest absolute Gasteiger partial charge is 0.168 e. The van der Waals surface area contributed by atoms with E-state index in [1.165, 1.54) is 5.56 Å². The predicted molar refractivity (Wildman–Crippen MR) is 84.8 cm³/mol. The maximum atomic E-state index is 4.58. The highest BCUT2D eigenvalue weighted by Gasteiger charge is 2.18. The molecule has 0 fully saturated rings. The fraction of sp³-hybridized carbons (Fsp3) is 0.133. The van der Waals surface area contributed by atoms with Crippen molar-refractivity contribution in [1.29, 1.82) is 0 Å². The lowest BCUT2D eigenvalue weighted by molar-refractivity contribution is 0.923. The van der Waals surface area contributed by atoms with Gasteiger partial charge < -0.3 is 0 Å². The topological polar surface area (TPSA) is 48.0 Å². The molecule has 1 aromatic carbocycles. The molecule has 6 heteroatoms. The van der Waals surface area contributed by atoms with E-state index in [-0.39, 0.29) is 0 Å². The molecule has 0 amide bonds. The van der Waals surface area contributed by atoms with Gasteiger partial charge in [-0.05, 0) is 47.5 Å². The number of aryl methyl sites for hydroxylation is 1. The lowest BCUT2D eigenvalue weighted by atomic mass is 10.2. The van der Waals surface area contributed by atoms with Crippen molar-refractivity contribution in [2.24, 2.45) is 0 Å². The van der Waals surface area contributed by atoms with E-state index in [0.29, 0.717) is 0 Å². The standard InChI is InChI=1S/C15H12BrN5/c1-9-10(2)21(12-6-4-3-5-11(12)16)15-13(9)14-17-7-19-20(14)8-18-15/h3-8H,1-2H3. The van der Waals surface area contributed by atoms with Crippen LogP contribution in [0.15, 0.2) is 41.4 Å². The average Bonchev–Trinajstić information content (AvgIpc) is 3.04. The summed E-state index contributed by atoms with van der Waals surface area (Å²) in [6.45, 7) is 4.20. The van der Waals surface area contributed by atoms with Crippen LogP contribution in [0.5, 0.6) is 0 Å². The number of para-hydroxylation sites is 1. The second kappa shape index (κ2) is 4.39. The second-order valence-corrected chi connectivity index (χ2v) is 5.82. The minimum Gasteiger partial charge on any atom is -0.297 e. The molecule has 0 saturated carbocycles. The summed E-state index contributed by atoms with van der Waals surface area (Å²) in [6.07, 6.45) is 3.26. The molecular weight excluding hydrogens is 330 g/mol. The van der Waals surface area contributed by atoms with Gasteiger partial charge >= 0.3 is 0 Å². The van der Waals surface area contributed by atoms with Gasteiger partial charge in [0.2, 0.25) is 0 Å². The number of hydrogen-bond acceptors (Lipinski definition) is 3. The molecule has 0 unspecified atom stereocenters. The van der Waals surface area contributed by atoms with Gasteiger partial charge in [-0.25, -0.2) is 14.5 Å². The number of fused-ring (bicyclic) bond motifs is 3. The largest absolute Gasteiger partial charge is 0.297 e. The quantitative estimate of drug-likeness (QED) is 0.532. The van der Waals surface area contributed by atoms with Crippen LogP contribution in [0, 0.1) is 13.8 Å². The SMILES string of the molecule is Cc1c(C)n(-c2ccccc2Br)c2ncn3ncnc3c12. The molecule has 0 aliphatic rings. The third kappa shape index (κ3) is 1.65. The molecule has 0 N–H and O–H groups in total. The highest BCUT2D eigenvalue weighted by molar-refractivity contribution is 9.10. The summed E-state index contributed by atoms with van der Waals surface area (Å²) in [7, 11) is 0. The van der Waals surface area contributed by atoms with Gasteiger partial charge in [-0.15, -0.1) is 0 Å². The Kier molecular flexibility index (Phi) is 2.62. The van der Waals surface area contributed by atoms with E-state index in [2.05, 4.69) is 55.5 Å². The minimum absolute atomic E-state index is 0.839. The number of benzene rings is 1. The number of halogens is 1.